The van der Waals surface area contributed by atoms with Crippen molar-refractivity contribution in [1.29, 1.82) is 0 Å². The average Bonchev–Trinajstić information content (AvgIpc) is 2.83. The molecule has 8 heteroatoms. The summed E-state index contributed by atoms with van der Waals surface area (Å²) >= 11 is 4.42. The van der Waals surface area contributed by atoms with Crippen molar-refractivity contribution in [2.45, 2.75) is 13.3 Å². The number of hydrazone groups is 1. The van der Waals surface area contributed by atoms with E-state index in [1.807, 2.05) is 6.92 Å². The molecule has 0 radical (unpaired) electrons. The summed E-state index contributed by atoms with van der Waals surface area (Å²) in [5.41, 5.74) is 9.14. The first-order valence-corrected chi connectivity index (χ1v) is 7.69. The number of nitrogen functional groups attached to an aromatic ring is 1. The van der Waals surface area contributed by atoms with Crippen LogP contribution in [0.1, 0.15) is 27.9 Å². The van der Waals surface area contributed by atoms with E-state index in [9.17, 15) is 9.90 Å². The maximum atomic E-state index is 12.0. The Morgan fingerprint density at radius 3 is 3.10 bits per heavy atom. The second kappa shape index (κ2) is 6.68. The summed E-state index contributed by atoms with van der Waals surface area (Å²) in [6.07, 6.45) is 1.99. The van der Waals surface area contributed by atoms with Crippen LogP contribution in [0.2, 0.25) is 0 Å². The van der Waals surface area contributed by atoms with Crippen molar-refractivity contribution < 1.29 is 9.90 Å². The molecule has 0 aliphatic carbocycles. The molecule has 110 valence electrons. The van der Waals surface area contributed by atoms with Gasteiger partial charge in [-0.15, -0.1) is 0 Å². The van der Waals surface area contributed by atoms with E-state index in [1.165, 1.54) is 12.3 Å². The number of phenolic OH excluding ortho intramolecular Hbond substituents is 1. The molecular weight excluding hydrogens is 356 g/mol. The summed E-state index contributed by atoms with van der Waals surface area (Å²) in [4.78, 5) is 16.5. The number of nitrogens with zero attached hydrogens (tertiary/aromatic N) is 2. The van der Waals surface area contributed by atoms with Crippen LogP contribution in [0.3, 0.4) is 0 Å². The first kappa shape index (κ1) is 15.5. The number of carbonyl (C=O) groups excluding carboxylic acids is 1. The Morgan fingerprint density at radius 1 is 1.62 bits per heavy atom. The van der Waals surface area contributed by atoms with Crippen LogP contribution in [0.15, 0.2) is 27.8 Å². The van der Waals surface area contributed by atoms with Gasteiger partial charge >= 0.3 is 0 Å². The third-order valence-electron chi connectivity index (χ3n) is 2.61. The van der Waals surface area contributed by atoms with Crippen molar-refractivity contribution in [1.82, 2.24) is 10.4 Å². The summed E-state index contributed by atoms with van der Waals surface area (Å²) in [6, 6.07) is 4.93. The average molecular weight is 369 g/mol. The molecule has 0 bridgehead atoms. The van der Waals surface area contributed by atoms with Crippen LogP contribution in [0, 0.1) is 0 Å². The Kier molecular flexibility index (Phi) is 4.92. The SMILES string of the molecule is CCc1nc(N)sc1C(=O)N/N=C/c1cc(Br)ccc1O. The number of halogens is 1. The molecule has 0 unspecified atom stereocenters. The van der Waals surface area contributed by atoms with Gasteiger partial charge in [0.25, 0.3) is 5.91 Å². The van der Waals surface area contributed by atoms with E-state index in [0.717, 1.165) is 15.8 Å². The highest BCUT2D eigenvalue weighted by Gasteiger charge is 2.15. The van der Waals surface area contributed by atoms with Gasteiger partial charge in [-0.2, -0.15) is 5.10 Å². The minimum Gasteiger partial charge on any atom is -0.507 e. The number of anilines is 1. The first-order chi connectivity index (χ1) is 10.0. The monoisotopic (exact) mass is 368 g/mol. The summed E-state index contributed by atoms with van der Waals surface area (Å²) in [7, 11) is 0. The molecule has 0 saturated heterocycles. The molecule has 0 aliphatic rings. The number of amides is 1. The van der Waals surface area contributed by atoms with Gasteiger partial charge in [0.05, 0.1) is 11.9 Å². The lowest BCUT2D eigenvalue weighted by molar-refractivity contribution is 0.0958. The zero-order chi connectivity index (χ0) is 15.4. The largest absolute Gasteiger partial charge is 0.507 e. The normalized spacial score (nSPS) is 11.0. The van der Waals surface area contributed by atoms with E-state index in [4.69, 9.17) is 5.73 Å². The van der Waals surface area contributed by atoms with E-state index in [-0.39, 0.29) is 11.7 Å². The van der Waals surface area contributed by atoms with E-state index in [2.05, 4.69) is 31.4 Å². The summed E-state index contributed by atoms with van der Waals surface area (Å²) in [6.45, 7) is 1.90. The summed E-state index contributed by atoms with van der Waals surface area (Å²) in [5, 5.41) is 13.8. The molecule has 2 aromatic rings. The molecule has 1 heterocycles. The Hall–Kier alpha value is -1.93. The Morgan fingerprint density at radius 2 is 2.38 bits per heavy atom. The molecule has 0 saturated carbocycles. The number of aryl methyl sites for hydroxylation is 1. The van der Waals surface area contributed by atoms with Gasteiger partial charge in [0.1, 0.15) is 10.6 Å². The summed E-state index contributed by atoms with van der Waals surface area (Å²) < 4.78 is 0.802. The standard InChI is InChI=1S/C13H13BrN4O2S/c1-2-9-11(21-13(15)17-9)12(20)18-16-6-7-5-8(14)3-4-10(7)19/h3-6,19H,2H2,1H3,(H2,15,17)(H,18,20)/b16-6+. The minimum atomic E-state index is -0.369. The number of benzene rings is 1. The zero-order valence-corrected chi connectivity index (χ0v) is 13.5. The molecule has 0 spiro atoms. The van der Waals surface area contributed by atoms with Crippen molar-refractivity contribution in [2.24, 2.45) is 5.10 Å². The highest BCUT2D eigenvalue weighted by atomic mass is 79.9. The highest BCUT2D eigenvalue weighted by molar-refractivity contribution is 9.10. The maximum Gasteiger partial charge on any atom is 0.283 e. The summed E-state index contributed by atoms with van der Waals surface area (Å²) in [5.74, 6) is -0.292. The molecule has 2 rings (SSSR count). The van der Waals surface area contributed by atoms with Crippen LogP contribution in [0.4, 0.5) is 5.13 Å². The fraction of sp³-hybridized carbons (Fsp3) is 0.154. The van der Waals surface area contributed by atoms with Crippen molar-refractivity contribution >= 4 is 44.5 Å². The van der Waals surface area contributed by atoms with Crippen LogP contribution in [-0.2, 0) is 6.42 Å². The highest BCUT2D eigenvalue weighted by Crippen LogP contribution is 2.21. The third-order valence-corrected chi connectivity index (χ3v) is 4.03. The number of aromatic hydroxyl groups is 1. The predicted octanol–water partition coefficient (Wildman–Crippen LogP) is 2.52. The third kappa shape index (κ3) is 3.79. The van der Waals surface area contributed by atoms with Crippen LogP contribution in [0.25, 0.3) is 0 Å². The number of thiazole rings is 1. The van der Waals surface area contributed by atoms with E-state index >= 15 is 0 Å². The van der Waals surface area contributed by atoms with Gasteiger partial charge in [-0.1, -0.05) is 34.2 Å². The predicted molar refractivity (Wildman–Crippen MR) is 86.8 cm³/mol. The Bertz CT molecular complexity index is 699. The van der Waals surface area contributed by atoms with Gasteiger partial charge in [0.15, 0.2) is 5.13 Å². The lowest BCUT2D eigenvalue weighted by atomic mass is 10.2. The zero-order valence-electron chi connectivity index (χ0n) is 11.1. The number of nitrogens with two attached hydrogens (primary N) is 1. The van der Waals surface area contributed by atoms with E-state index < -0.39 is 0 Å². The van der Waals surface area contributed by atoms with Gasteiger partial charge in [-0.25, -0.2) is 10.4 Å². The van der Waals surface area contributed by atoms with E-state index in [0.29, 0.717) is 27.7 Å². The van der Waals surface area contributed by atoms with E-state index in [1.54, 1.807) is 12.1 Å². The lowest BCUT2D eigenvalue weighted by Gasteiger charge is -2.00. The van der Waals surface area contributed by atoms with Crippen LogP contribution in [-0.4, -0.2) is 22.2 Å². The number of nitrogens with one attached hydrogen (secondary N) is 1. The minimum absolute atomic E-state index is 0.0764. The van der Waals surface area contributed by atoms with Gasteiger partial charge in [0.2, 0.25) is 0 Å². The number of phenols is 1. The molecule has 1 aromatic heterocycles. The van der Waals surface area contributed by atoms with Crippen molar-refractivity contribution in [3.05, 3.63) is 38.8 Å². The molecule has 0 atom stereocenters. The Balaban J connectivity index is 2.10. The molecule has 0 fully saturated rings. The fourth-order valence-electron chi connectivity index (χ4n) is 1.63. The van der Waals surface area contributed by atoms with Gasteiger partial charge in [0, 0.05) is 10.0 Å². The smallest absolute Gasteiger partial charge is 0.283 e. The van der Waals surface area contributed by atoms with Gasteiger partial charge in [-0.3, -0.25) is 4.79 Å². The van der Waals surface area contributed by atoms with Crippen LogP contribution < -0.4 is 11.2 Å². The Labute approximate surface area is 133 Å². The topological polar surface area (TPSA) is 101 Å². The molecular formula is C13H13BrN4O2S. The van der Waals surface area contributed by atoms with Crippen molar-refractivity contribution in [2.75, 3.05) is 5.73 Å². The quantitative estimate of drug-likeness (QED) is 0.569. The number of hydrogen-bond donors (Lipinski definition) is 3. The van der Waals surface area contributed by atoms with Gasteiger partial charge in [-0.05, 0) is 24.6 Å². The van der Waals surface area contributed by atoms with Crippen LogP contribution in [0.5, 0.6) is 5.75 Å². The maximum absolute atomic E-state index is 12.0. The molecule has 4 N–H and O–H groups in total. The van der Waals surface area contributed by atoms with Gasteiger partial charge < -0.3 is 10.8 Å². The van der Waals surface area contributed by atoms with Crippen molar-refractivity contribution in [3.8, 4) is 5.75 Å². The second-order valence-corrected chi connectivity index (χ2v) is 6.03. The fourth-order valence-corrected chi connectivity index (χ4v) is 2.82. The molecule has 0 aliphatic heterocycles. The molecule has 1 aromatic carbocycles. The van der Waals surface area contributed by atoms with Crippen LogP contribution >= 0.6 is 27.3 Å². The number of rotatable bonds is 4. The molecule has 1 amide bonds. The number of carbonyl (C=O) groups is 1. The molecule has 6 nitrogen and oxygen atoms in total. The number of hydrogen-bond acceptors (Lipinski definition) is 6. The number of aromatic nitrogens is 1. The first-order valence-electron chi connectivity index (χ1n) is 6.08. The lowest BCUT2D eigenvalue weighted by Crippen LogP contribution is -2.17. The van der Waals surface area contributed by atoms with Crippen molar-refractivity contribution in [3.63, 3.8) is 0 Å². The molecule has 21 heavy (non-hydrogen) atoms. The second-order valence-electron chi connectivity index (χ2n) is 4.08.